The highest BCUT2D eigenvalue weighted by Gasteiger charge is 2.49. The summed E-state index contributed by atoms with van der Waals surface area (Å²) in [5.74, 6) is -6.35. The van der Waals surface area contributed by atoms with E-state index in [1.807, 2.05) is 0 Å². The average Bonchev–Trinajstić information content (AvgIpc) is 3.60. The van der Waals surface area contributed by atoms with E-state index in [4.69, 9.17) is 9.15 Å². The highest BCUT2D eigenvalue weighted by atomic mass is 19.2. The zero-order valence-corrected chi connectivity index (χ0v) is 21.5. The minimum atomic E-state index is -2.75. The van der Waals surface area contributed by atoms with Crippen molar-refractivity contribution in [1.82, 2.24) is 9.88 Å². The summed E-state index contributed by atoms with van der Waals surface area (Å²) in [5.41, 5.74) is 0.633. The summed E-state index contributed by atoms with van der Waals surface area (Å²) >= 11 is 0. The lowest BCUT2D eigenvalue weighted by atomic mass is 9.87. The molecular formula is C28H30F3N3O5. The van der Waals surface area contributed by atoms with Gasteiger partial charge < -0.3 is 19.6 Å². The van der Waals surface area contributed by atoms with E-state index in [0.717, 1.165) is 0 Å². The minimum Gasteiger partial charge on any atom is -0.481 e. The van der Waals surface area contributed by atoms with Gasteiger partial charge in [0.1, 0.15) is 11.3 Å². The molecule has 1 saturated heterocycles. The van der Waals surface area contributed by atoms with E-state index in [1.165, 1.54) is 29.2 Å². The highest BCUT2D eigenvalue weighted by molar-refractivity contribution is 5.88. The number of alkyl halides is 1. The number of nitrogens with zero attached hydrogens (tertiary/aromatic N) is 2. The number of aliphatic carboxylic acids is 1. The van der Waals surface area contributed by atoms with Crippen LogP contribution in [-0.4, -0.2) is 51.9 Å². The van der Waals surface area contributed by atoms with Crippen molar-refractivity contribution in [1.29, 1.82) is 0 Å². The molecule has 0 bridgehead atoms. The second-order valence-electron chi connectivity index (χ2n) is 10.2. The Morgan fingerprint density at radius 2 is 1.87 bits per heavy atom. The summed E-state index contributed by atoms with van der Waals surface area (Å²) in [6.45, 7) is 2.23. The number of benzene rings is 2. The number of ketones is 1. The number of carboxylic acids is 1. The second kappa shape index (κ2) is 11.0. The van der Waals surface area contributed by atoms with Gasteiger partial charge >= 0.3 is 11.9 Å². The molecule has 2 aliphatic rings. The SMILES string of the molecule is Cc1c(F)cccc1Nc1nc2ccc(CC(=O)C(F)(O[C@H]3CC[C@H](C(=O)O)CC3)N3CCCC3)c(F)c2o1. The number of ether oxygens (including phenoxy) is 1. The van der Waals surface area contributed by atoms with Gasteiger partial charge in [0.15, 0.2) is 11.4 Å². The number of hydrogen-bond acceptors (Lipinski definition) is 7. The van der Waals surface area contributed by atoms with Crippen molar-refractivity contribution < 1.29 is 37.0 Å². The number of carbonyl (C=O) groups excluding carboxylic acids is 1. The summed E-state index contributed by atoms with van der Waals surface area (Å²) in [7, 11) is 0. The molecule has 5 rings (SSSR count). The Balaban J connectivity index is 1.35. The van der Waals surface area contributed by atoms with Gasteiger partial charge in [-0.15, -0.1) is 0 Å². The van der Waals surface area contributed by atoms with Crippen LogP contribution in [0.1, 0.15) is 49.7 Å². The summed E-state index contributed by atoms with van der Waals surface area (Å²) in [6.07, 6.45) is 1.53. The molecule has 8 nitrogen and oxygen atoms in total. The van der Waals surface area contributed by atoms with Crippen LogP contribution in [-0.2, 0) is 20.7 Å². The van der Waals surface area contributed by atoms with Crippen LogP contribution in [0.4, 0.5) is 24.9 Å². The first-order chi connectivity index (χ1) is 18.7. The van der Waals surface area contributed by atoms with Crippen molar-refractivity contribution in [3.05, 3.63) is 53.1 Å². The first kappa shape index (κ1) is 27.1. The molecule has 208 valence electrons. The molecular weight excluding hydrogens is 515 g/mol. The smallest absolute Gasteiger partial charge is 0.330 e. The lowest BCUT2D eigenvalue weighted by Gasteiger charge is -2.37. The van der Waals surface area contributed by atoms with Gasteiger partial charge in [0.25, 0.3) is 6.01 Å². The molecule has 1 aliphatic carbocycles. The van der Waals surface area contributed by atoms with E-state index in [1.54, 1.807) is 13.0 Å². The van der Waals surface area contributed by atoms with Crippen LogP contribution in [0.15, 0.2) is 34.7 Å². The number of Topliss-reactive ketones (excluding diaryl/α,β-unsaturated/α-hetero) is 1. The van der Waals surface area contributed by atoms with Crippen molar-refractivity contribution in [3.8, 4) is 0 Å². The summed E-state index contributed by atoms with van der Waals surface area (Å²) in [5, 5.41) is 12.1. The number of oxazole rings is 1. The molecule has 2 N–H and O–H groups in total. The Morgan fingerprint density at radius 3 is 2.56 bits per heavy atom. The Labute approximate surface area is 223 Å². The van der Waals surface area contributed by atoms with E-state index in [-0.39, 0.29) is 22.7 Å². The molecule has 0 spiro atoms. The lowest BCUT2D eigenvalue weighted by molar-refractivity contribution is -0.252. The Hall–Kier alpha value is -3.44. The first-order valence-corrected chi connectivity index (χ1v) is 13.1. The van der Waals surface area contributed by atoms with E-state index in [9.17, 15) is 19.1 Å². The second-order valence-corrected chi connectivity index (χ2v) is 10.2. The number of rotatable bonds is 9. The van der Waals surface area contributed by atoms with Crippen LogP contribution in [0.3, 0.4) is 0 Å². The standard InChI is InChI=1S/C28H30F3N3O5/c1-16-20(29)5-4-6-21(16)32-27-33-22-12-9-18(24(30)25(22)38-27)15-23(35)28(31,34-13-2-3-14-34)39-19-10-7-17(8-11-19)26(36)37/h4-6,9,12,17,19H,2-3,7-8,10-11,13-15H2,1H3,(H,32,33)(H,36,37)/t17-,19-,28?. The van der Waals surface area contributed by atoms with Gasteiger partial charge in [-0.3, -0.25) is 9.59 Å². The average molecular weight is 546 g/mol. The van der Waals surface area contributed by atoms with Crippen LogP contribution in [0.25, 0.3) is 11.1 Å². The fourth-order valence-corrected chi connectivity index (χ4v) is 5.30. The van der Waals surface area contributed by atoms with Crippen molar-refractivity contribution in [2.45, 2.75) is 64.0 Å². The molecule has 2 heterocycles. The zero-order valence-electron chi connectivity index (χ0n) is 21.5. The van der Waals surface area contributed by atoms with Crippen LogP contribution < -0.4 is 5.32 Å². The molecule has 0 amide bonds. The predicted octanol–water partition coefficient (Wildman–Crippen LogP) is 5.65. The number of anilines is 2. The Morgan fingerprint density at radius 1 is 1.15 bits per heavy atom. The first-order valence-electron chi connectivity index (χ1n) is 13.1. The molecule has 1 atom stereocenters. The number of halogens is 3. The number of nitrogens with one attached hydrogen (secondary N) is 1. The van der Waals surface area contributed by atoms with Crippen molar-refractivity contribution >= 4 is 34.6 Å². The maximum Gasteiger partial charge on any atom is 0.330 e. The van der Waals surface area contributed by atoms with Gasteiger partial charge in [0.2, 0.25) is 5.78 Å². The largest absolute Gasteiger partial charge is 0.481 e. The van der Waals surface area contributed by atoms with Crippen molar-refractivity contribution in [2.24, 2.45) is 5.92 Å². The molecule has 1 aromatic heterocycles. The van der Waals surface area contributed by atoms with E-state index in [0.29, 0.717) is 62.9 Å². The Bertz CT molecular complexity index is 1380. The van der Waals surface area contributed by atoms with Crippen LogP contribution in [0, 0.1) is 24.5 Å². The fraction of sp³-hybridized carbons (Fsp3) is 0.464. The number of carbonyl (C=O) groups is 2. The maximum absolute atomic E-state index is 16.4. The fourth-order valence-electron chi connectivity index (χ4n) is 5.30. The topological polar surface area (TPSA) is 105 Å². The zero-order chi connectivity index (χ0) is 27.7. The van der Waals surface area contributed by atoms with E-state index < -0.39 is 47.8 Å². The normalized spacial score (nSPS) is 21.6. The van der Waals surface area contributed by atoms with Gasteiger partial charge in [0.05, 0.1) is 12.0 Å². The third kappa shape index (κ3) is 5.51. The van der Waals surface area contributed by atoms with Crippen LogP contribution >= 0.6 is 0 Å². The van der Waals surface area contributed by atoms with Gasteiger partial charge in [-0.2, -0.15) is 9.37 Å². The number of likely N-dealkylation sites (tertiary alicyclic amines) is 1. The van der Waals surface area contributed by atoms with Crippen LogP contribution in [0.2, 0.25) is 0 Å². The monoisotopic (exact) mass is 545 g/mol. The molecule has 11 heteroatoms. The maximum atomic E-state index is 16.4. The van der Waals surface area contributed by atoms with Crippen LogP contribution in [0.5, 0.6) is 0 Å². The van der Waals surface area contributed by atoms with Gasteiger partial charge in [-0.05, 0) is 69.2 Å². The third-order valence-electron chi connectivity index (χ3n) is 7.64. The Kier molecular flexibility index (Phi) is 7.64. The molecule has 3 aromatic rings. The lowest BCUT2D eigenvalue weighted by Crippen LogP contribution is -2.54. The molecule has 0 radical (unpaired) electrons. The molecule has 2 fully saturated rings. The molecule has 2 aromatic carbocycles. The highest BCUT2D eigenvalue weighted by Crippen LogP contribution is 2.35. The quantitative estimate of drug-likeness (QED) is 0.333. The molecule has 39 heavy (non-hydrogen) atoms. The number of carboxylic acid groups (broad SMARTS) is 1. The van der Waals surface area contributed by atoms with Gasteiger partial charge in [-0.25, -0.2) is 13.7 Å². The predicted molar refractivity (Wildman–Crippen MR) is 136 cm³/mol. The third-order valence-corrected chi connectivity index (χ3v) is 7.64. The summed E-state index contributed by atoms with van der Waals surface area (Å²) < 4.78 is 57.1. The number of fused-ring (bicyclic) bond motifs is 1. The molecule has 1 saturated carbocycles. The summed E-state index contributed by atoms with van der Waals surface area (Å²) in [4.78, 5) is 30.2. The molecule has 1 aliphatic heterocycles. The number of hydrogen-bond donors (Lipinski definition) is 2. The van der Waals surface area contributed by atoms with Gasteiger partial charge in [0, 0.05) is 30.8 Å². The minimum absolute atomic E-state index is 0.0571. The van der Waals surface area contributed by atoms with Crippen molar-refractivity contribution in [2.75, 3.05) is 18.4 Å². The van der Waals surface area contributed by atoms with E-state index in [2.05, 4.69) is 10.3 Å². The summed E-state index contributed by atoms with van der Waals surface area (Å²) in [6, 6.07) is 7.23. The van der Waals surface area contributed by atoms with Crippen molar-refractivity contribution in [3.63, 3.8) is 0 Å². The molecule has 1 unspecified atom stereocenters. The van der Waals surface area contributed by atoms with E-state index >= 15 is 8.78 Å². The number of aromatic nitrogens is 1. The van der Waals surface area contributed by atoms with Gasteiger partial charge in [-0.1, -0.05) is 12.1 Å².